The minimum Gasteiger partial charge on any atom is -0.357 e. The first kappa shape index (κ1) is 20.5. The number of hydrogen-bond donors (Lipinski definition) is 3. The van der Waals surface area contributed by atoms with Crippen molar-refractivity contribution in [1.82, 2.24) is 20.3 Å². The van der Waals surface area contributed by atoms with Crippen LogP contribution in [-0.4, -0.2) is 33.4 Å². The summed E-state index contributed by atoms with van der Waals surface area (Å²) in [7, 11) is 0. The second-order valence-electron chi connectivity index (χ2n) is 7.64. The Labute approximate surface area is 182 Å². The molecule has 2 aromatic heterocycles. The summed E-state index contributed by atoms with van der Waals surface area (Å²) in [5.41, 5.74) is 5.77. The summed E-state index contributed by atoms with van der Waals surface area (Å²) < 4.78 is 0. The first-order valence-corrected chi connectivity index (χ1v) is 10.4. The molecule has 1 aliphatic heterocycles. The number of carbonyl (C=O) groups is 1. The summed E-state index contributed by atoms with van der Waals surface area (Å²) in [4.78, 5) is 25.6. The summed E-state index contributed by atoms with van der Waals surface area (Å²) in [6.45, 7) is 8.16. The summed E-state index contributed by atoms with van der Waals surface area (Å²) in [6, 6.07) is 7.79. The first-order valence-electron chi connectivity index (χ1n) is 10.4. The van der Waals surface area contributed by atoms with Crippen LogP contribution < -0.4 is 10.6 Å². The number of aromatic nitrogens is 3. The van der Waals surface area contributed by atoms with Gasteiger partial charge >= 0.3 is 0 Å². The SMILES string of the molecule is CC#CC[C@H]1CNC(=O)c2cc(-c3cccc4nc(C)c(N[C@H](C)C#CC)nc34)[nH]c21. The number of amides is 1. The Kier molecular flexibility index (Phi) is 5.64. The van der Waals surface area contributed by atoms with Crippen LogP contribution in [0.15, 0.2) is 24.3 Å². The predicted octanol–water partition coefficient (Wildman–Crippen LogP) is 4.00. The van der Waals surface area contributed by atoms with Crippen LogP contribution in [0.1, 0.15) is 54.9 Å². The van der Waals surface area contributed by atoms with Crippen molar-refractivity contribution >= 4 is 22.8 Å². The number of fused-ring (bicyclic) bond motifs is 2. The van der Waals surface area contributed by atoms with Gasteiger partial charge in [0.25, 0.3) is 5.91 Å². The fourth-order valence-electron chi connectivity index (χ4n) is 3.92. The number of benzene rings is 1. The number of H-pyrrole nitrogens is 1. The molecule has 3 heterocycles. The Bertz CT molecular complexity index is 1280. The summed E-state index contributed by atoms with van der Waals surface area (Å²) in [5.74, 6) is 12.9. The van der Waals surface area contributed by atoms with Crippen molar-refractivity contribution in [3.63, 3.8) is 0 Å². The van der Waals surface area contributed by atoms with Crippen LogP contribution in [0.3, 0.4) is 0 Å². The highest BCUT2D eigenvalue weighted by Crippen LogP contribution is 2.33. The van der Waals surface area contributed by atoms with E-state index in [0.717, 1.165) is 33.7 Å². The number of aromatic amines is 1. The fourth-order valence-corrected chi connectivity index (χ4v) is 3.92. The van der Waals surface area contributed by atoms with Crippen LogP contribution in [0.2, 0.25) is 0 Å². The molecule has 6 heteroatoms. The largest absolute Gasteiger partial charge is 0.357 e. The van der Waals surface area contributed by atoms with E-state index in [1.165, 1.54) is 0 Å². The van der Waals surface area contributed by atoms with Crippen LogP contribution in [0.25, 0.3) is 22.3 Å². The highest BCUT2D eigenvalue weighted by atomic mass is 16.1. The van der Waals surface area contributed by atoms with E-state index in [4.69, 9.17) is 9.97 Å². The van der Waals surface area contributed by atoms with Gasteiger partial charge in [-0.3, -0.25) is 4.79 Å². The fraction of sp³-hybridized carbons (Fsp3) is 0.320. The highest BCUT2D eigenvalue weighted by Gasteiger charge is 2.28. The Balaban J connectivity index is 1.81. The average molecular weight is 412 g/mol. The molecule has 0 saturated heterocycles. The van der Waals surface area contributed by atoms with E-state index in [9.17, 15) is 4.79 Å². The molecule has 0 radical (unpaired) electrons. The van der Waals surface area contributed by atoms with Crippen molar-refractivity contribution < 1.29 is 4.79 Å². The van der Waals surface area contributed by atoms with Gasteiger partial charge in [-0.25, -0.2) is 9.97 Å². The van der Waals surface area contributed by atoms with E-state index < -0.39 is 0 Å². The molecule has 31 heavy (non-hydrogen) atoms. The van der Waals surface area contributed by atoms with E-state index in [2.05, 4.69) is 39.3 Å². The first-order chi connectivity index (χ1) is 15.0. The lowest BCUT2D eigenvalue weighted by Gasteiger charge is -2.21. The van der Waals surface area contributed by atoms with Gasteiger partial charge in [-0.15, -0.1) is 17.8 Å². The van der Waals surface area contributed by atoms with E-state index in [1.807, 2.05) is 52.0 Å². The van der Waals surface area contributed by atoms with Gasteiger partial charge in [0.2, 0.25) is 0 Å². The molecule has 3 aromatic rings. The Morgan fingerprint density at radius 2 is 2.06 bits per heavy atom. The molecule has 3 N–H and O–H groups in total. The zero-order chi connectivity index (χ0) is 22.0. The number of hydrogen-bond acceptors (Lipinski definition) is 4. The Hall–Kier alpha value is -3.77. The van der Waals surface area contributed by atoms with Crippen molar-refractivity contribution in [2.75, 3.05) is 11.9 Å². The molecular formula is C25H25N5O. The number of para-hydroxylation sites is 1. The number of nitrogens with zero attached hydrogens (tertiary/aromatic N) is 2. The number of anilines is 1. The number of aryl methyl sites for hydroxylation is 1. The molecule has 0 aliphatic carbocycles. The van der Waals surface area contributed by atoms with E-state index >= 15 is 0 Å². The normalized spacial score (nSPS) is 15.7. The predicted molar refractivity (Wildman–Crippen MR) is 124 cm³/mol. The Morgan fingerprint density at radius 1 is 1.23 bits per heavy atom. The zero-order valence-electron chi connectivity index (χ0n) is 18.2. The molecule has 1 aromatic carbocycles. The minimum atomic E-state index is -0.0605. The molecule has 2 atom stereocenters. The second-order valence-corrected chi connectivity index (χ2v) is 7.64. The molecule has 1 aliphatic rings. The number of rotatable bonds is 4. The van der Waals surface area contributed by atoms with Crippen molar-refractivity contribution in [3.05, 3.63) is 41.2 Å². The lowest BCUT2D eigenvalue weighted by atomic mass is 9.94. The third-order valence-corrected chi connectivity index (χ3v) is 5.41. The maximum atomic E-state index is 12.5. The van der Waals surface area contributed by atoms with Gasteiger partial charge in [-0.05, 0) is 39.8 Å². The minimum absolute atomic E-state index is 0.0375. The molecule has 156 valence electrons. The maximum absolute atomic E-state index is 12.5. The van der Waals surface area contributed by atoms with Gasteiger partial charge < -0.3 is 15.6 Å². The van der Waals surface area contributed by atoms with Gasteiger partial charge in [0, 0.05) is 35.8 Å². The molecule has 6 nitrogen and oxygen atoms in total. The summed E-state index contributed by atoms with van der Waals surface area (Å²) in [6.07, 6.45) is 0.697. The second kappa shape index (κ2) is 8.53. The quantitative estimate of drug-likeness (QED) is 0.567. The van der Waals surface area contributed by atoms with E-state index in [-0.39, 0.29) is 17.9 Å². The van der Waals surface area contributed by atoms with E-state index in [1.54, 1.807) is 0 Å². The van der Waals surface area contributed by atoms with Crippen molar-refractivity contribution in [2.45, 2.75) is 46.1 Å². The average Bonchev–Trinajstić information content (AvgIpc) is 3.20. The van der Waals surface area contributed by atoms with Gasteiger partial charge in [0.05, 0.1) is 22.8 Å². The van der Waals surface area contributed by atoms with Crippen LogP contribution in [0.4, 0.5) is 5.82 Å². The number of nitrogens with one attached hydrogen (secondary N) is 3. The van der Waals surface area contributed by atoms with Crippen LogP contribution in [-0.2, 0) is 0 Å². The van der Waals surface area contributed by atoms with Gasteiger partial charge in [-0.2, -0.15) is 0 Å². The highest BCUT2D eigenvalue weighted by molar-refractivity contribution is 6.00. The maximum Gasteiger partial charge on any atom is 0.253 e. The van der Waals surface area contributed by atoms with Crippen molar-refractivity contribution in [3.8, 4) is 34.9 Å². The summed E-state index contributed by atoms with van der Waals surface area (Å²) >= 11 is 0. The smallest absolute Gasteiger partial charge is 0.253 e. The number of carbonyl (C=O) groups excluding carboxylic acids is 1. The van der Waals surface area contributed by atoms with E-state index in [0.29, 0.717) is 24.3 Å². The topological polar surface area (TPSA) is 82.7 Å². The van der Waals surface area contributed by atoms with Crippen LogP contribution in [0.5, 0.6) is 0 Å². The van der Waals surface area contributed by atoms with Crippen molar-refractivity contribution in [1.29, 1.82) is 0 Å². The molecular weight excluding hydrogens is 386 g/mol. The molecule has 4 rings (SSSR count). The Morgan fingerprint density at radius 3 is 2.84 bits per heavy atom. The van der Waals surface area contributed by atoms with Gasteiger partial charge in [0.1, 0.15) is 11.3 Å². The third-order valence-electron chi connectivity index (χ3n) is 5.41. The lowest BCUT2D eigenvalue weighted by Crippen LogP contribution is -2.34. The lowest BCUT2D eigenvalue weighted by molar-refractivity contribution is 0.0940. The van der Waals surface area contributed by atoms with Crippen LogP contribution in [0, 0.1) is 30.6 Å². The van der Waals surface area contributed by atoms with Crippen LogP contribution >= 0.6 is 0 Å². The monoisotopic (exact) mass is 411 g/mol. The molecule has 0 spiro atoms. The third kappa shape index (κ3) is 3.98. The molecule has 0 bridgehead atoms. The molecule has 0 fully saturated rings. The van der Waals surface area contributed by atoms with Crippen molar-refractivity contribution in [2.24, 2.45) is 0 Å². The van der Waals surface area contributed by atoms with Gasteiger partial charge in [-0.1, -0.05) is 18.1 Å². The molecule has 0 unspecified atom stereocenters. The van der Waals surface area contributed by atoms with Gasteiger partial charge in [0.15, 0.2) is 0 Å². The molecule has 1 amide bonds. The molecule has 0 saturated carbocycles. The standard InChI is InChI=1S/C25H25N5O/c1-5-7-10-17-14-26-25(31)19-13-21(29-22(17)19)18-11-8-12-20-23(18)30-24(16(4)28-20)27-15(3)9-6-2/h8,11-13,15,17,29H,10,14H2,1-4H3,(H,26,31)(H,27,30)/t15-,17+/m1/s1. The zero-order valence-corrected chi connectivity index (χ0v) is 18.2. The summed E-state index contributed by atoms with van der Waals surface area (Å²) in [5, 5.41) is 6.30.